The Morgan fingerprint density at radius 2 is 2.47 bits per heavy atom. The van der Waals surface area contributed by atoms with Crippen molar-refractivity contribution < 1.29 is 9.53 Å². The number of hydrogen-bond acceptors (Lipinski definition) is 4. The quantitative estimate of drug-likeness (QED) is 0.824. The molecule has 5 heteroatoms. The molecule has 1 fully saturated rings. The number of rotatable bonds is 5. The van der Waals surface area contributed by atoms with Crippen molar-refractivity contribution in [3.05, 3.63) is 22.4 Å². The number of hydrogen-bond donors (Lipinski definition) is 2. The highest BCUT2D eigenvalue weighted by molar-refractivity contribution is 7.09. The molecule has 0 saturated carbocycles. The van der Waals surface area contributed by atoms with E-state index in [0.717, 1.165) is 6.54 Å². The van der Waals surface area contributed by atoms with E-state index >= 15 is 0 Å². The van der Waals surface area contributed by atoms with Crippen molar-refractivity contribution in [2.75, 3.05) is 19.8 Å². The summed E-state index contributed by atoms with van der Waals surface area (Å²) < 4.78 is 5.36. The number of nitrogens with one attached hydrogen (secondary N) is 2. The van der Waals surface area contributed by atoms with Gasteiger partial charge in [0.1, 0.15) is 0 Å². The first kappa shape index (κ1) is 12.5. The predicted molar refractivity (Wildman–Crippen MR) is 67.9 cm³/mol. The van der Waals surface area contributed by atoms with Crippen LogP contribution in [-0.4, -0.2) is 31.7 Å². The lowest BCUT2D eigenvalue weighted by molar-refractivity contribution is -0.125. The summed E-state index contributed by atoms with van der Waals surface area (Å²) in [6, 6.07) is 4.17. The molecule has 0 aromatic carbocycles. The summed E-state index contributed by atoms with van der Waals surface area (Å²) in [6.07, 6.45) is 0. The van der Waals surface area contributed by atoms with E-state index in [2.05, 4.69) is 10.6 Å². The first-order valence-corrected chi connectivity index (χ1v) is 6.80. The number of carbonyl (C=O) groups is 1. The average Bonchev–Trinajstić information content (AvgIpc) is 2.97. The maximum atomic E-state index is 12.0. The smallest absolute Gasteiger partial charge is 0.227 e. The number of carbonyl (C=O) groups excluding carboxylic acids is 1. The third-order valence-corrected chi connectivity index (χ3v) is 3.78. The highest BCUT2D eigenvalue weighted by Crippen LogP contribution is 2.14. The molecule has 2 heterocycles. The summed E-state index contributed by atoms with van der Waals surface area (Å²) >= 11 is 1.66. The molecule has 0 aliphatic carbocycles. The van der Waals surface area contributed by atoms with Crippen LogP contribution in [0.3, 0.4) is 0 Å². The largest absolute Gasteiger partial charge is 0.379 e. The molecular weight excluding hydrogens is 236 g/mol. The van der Waals surface area contributed by atoms with Gasteiger partial charge in [-0.15, -0.1) is 11.3 Å². The van der Waals surface area contributed by atoms with Gasteiger partial charge in [-0.2, -0.15) is 0 Å². The average molecular weight is 254 g/mol. The third-order valence-electron chi connectivity index (χ3n) is 2.90. The summed E-state index contributed by atoms with van der Waals surface area (Å²) in [5.74, 6) is 0.0248. The van der Waals surface area contributed by atoms with Gasteiger partial charge in [0, 0.05) is 10.9 Å². The van der Waals surface area contributed by atoms with Gasteiger partial charge in [0.05, 0.1) is 25.7 Å². The van der Waals surface area contributed by atoms with Crippen LogP contribution in [0.15, 0.2) is 17.5 Å². The summed E-state index contributed by atoms with van der Waals surface area (Å²) in [7, 11) is 0. The molecule has 0 radical (unpaired) electrons. The van der Waals surface area contributed by atoms with Crippen LogP contribution < -0.4 is 10.6 Å². The molecule has 2 rings (SSSR count). The number of ether oxygens (including phenoxy) is 1. The summed E-state index contributed by atoms with van der Waals surface area (Å²) in [5, 5.41) is 8.27. The predicted octanol–water partition coefficient (Wildman–Crippen LogP) is 0.989. The van der Waals surface area contributed by atoms with Crippen LogP contribution in [-0.2, 0) is 16.1 Å². The molecule has 0 spiro atoms. The first-order valence-electron chi connectivity index (χ1n) is 5.92. The van der Waals surface area contributed by atoms with Crippen LogP contribution in [0.4, 0.5) is 0 Å². The topological polar surface area (TPSA) is 50.4 Å². The Labute approximate surface area is 105 Å². The van der Waals surface area contributed by atoms with Crippen molar-refractivity contribution in [1.82, 2.24) is 10.6 Å². The molecule has 1 aliphatic rings. The molecule has 1 aliphatic heterocycles. The van der Waals surface area contributed by atoms with Crippen molar-refractivity contribution in [1.29, 1.82) is 0 Å². The second kappa shape index (κ2) is 6.14. The number of thiophene rings is 1. The van der Waals surface area contributed by atoms with E-state index in [4.69, 9.17) is 4.74 Å². The fraction of sp³-hybridized carbons (Fsp3) is 0.583. The minimum Gasteiger partial charge on any atom is -0.379 e. The number of likely N-dealkylation sites (N-methyl/N-ethyl adjacent to an activating group) is 1. The maximum Gasteiger partial charge on any atom is 0.227 e. The van der Waals surface area contributed by atoms with E-state index in [1.54, 1.807) is 11.3 Å². The van der Waals surface area contributed by atoms with Crippen LogP contribution in [0, 0.1) is 5.92 Å². The van der Waals surface area contributed by atoms with Crippen molar-refractivity contribution in [2.45, 2.75) is 19.5 Å². The fourth-order valence-electron chi connectivity index (χ4n) is 1.99. The van der Waals surface area contributed by atoms with Crippen molar-refractivity contribution in [2.24, 2.45) is 5.92 Å². The van der Waals surface area contributed by atoms with Crippen molar-refractivity contribution in [3.8, 4) is 0 Å². The molecule has 4 nitrogen and oxygen atoms in total. The van der Waals surface area contributed by atoms with Gasteiger partial charge >= 0.3 is 0 Å². The highest BCUT2D eigenvalue weighted by atomic mass is 32.1. The molecule has 2 atom stereocenters. The van der Waals surface area contributed by atoms with Gasteiger partial charge in [0.2, 0.25) is 5.91 Å². The highest BCUT2D eigenvalue weighted by Gasteiger charge is 2.33. The molecular formula is C12H18N2O2S. The van der Waals surface area contributed by atoms with E-state index in [-0.39, 0.29) is 17.9 Å². The molecule has 2 N–H and O–H groups in total. The lowest BCUT2D eigenvalue weighted by Crippen LogP contribution is -2.43. The van der Waals surface area contributed by atoms with E-state index < -0.39 is 0 Å². The van der Waals surface area contributed by atoms with Gasteiger partial charge < -0.3 is 15.4 Å². The fourth-order valence-corrected chi connectivity index (χ4v) is 2.64. The first-order chi connectivity index (χ1) is 8.31. The second-order valence-corrected chi connectivity index (χ2v) is 5.14. The SMILES string of the molecule is CCNC1COCC1C(=O)NCc1cccs1. The Morgan fingerprint density at radius 1 is 1.59 bits per heavy atom. The molecule has 17 heavy (non-hydrogen) atoms. The van der Waals surface area contributed by atoms with Crippen LogP contribution in [0.25, 0.3) is 0 Å². The van der Waals surface area contributed by atoms with E-state index in [1.165, 1.54) is 4.88 Å². The Bertz CT molecular complexity index is 353. The summed E-state index contributed by atoms with van der Waals surface area (Å²) in [6.45, 7) is 4.67. The van der Waals surface area contributed by atoms with E-state index in [9.17, 15) is 4.79 Å². The Kier molecular flexibility index (Phi) is 4.53. The van der Waals surface area contributed by atoms with Crippen molar-refractivity contribution in [3.63, 3.8) is 0 Å². The second-order valence-electron chi connectivity index (χ2n) is 4.11. The molecule has 2 unspecified atom stereocenters. The van der Waals surface area contributed by atoms with Crippen molar-refractivity contribution >= 4 is 17.2 Å². The zero-order valence-electron chi connectivity index (χ0n) is 9.94. The molecule has 1 saturated heterocycles. The minimum atomic E-state index is -0.0603. The van der Waals surface area contributed by atoms with Crippen LogP contribution in [0.5, 0.6) is 0 Å². The van der Waals surface area contributed by atoms with Gasteiger partial charge in [-0.1, -0.05) is 13.0 Å². The normalized spacial score (nSPS) is 23.8. The molecule has 94 valence electrons. The molecule has 1 amide bonds. The Morgan fingerprint density at radius 3 is 3.18 bits per heavy atom. The lowest BCUT2D eigenvalue weighted by Gasteiger charge is -2.17. The van der Waals surface area contributed by atoms with Gasteiger partial charge in [-0.3, -0.25) is 4.79 Å². The zero-order chi connectivity index (χ0) is 12.1. The summed E-state index contributed by atoms with van der Waals surface area (Å²) in [4.78, 5) is 13.2. The van der Waals surface area contributed by atoms with Crippen LogP contribution in [0.2, 0.25) is 0 Å². The van der Waals surface area contributed by atoms with Gasteiger partial charge in [0.25, 0.3) is 0 Å². The Hall–Kier alpha value is -0.910. The monoisotopic (exact) mass is 254 g/mol. The maximum absolute atomic E-state index is 12.0. The minimum absolute atomic E-state index is 0.0603. The van der Waals surface area contributed by atoms with Crippen LogP contribution >= 0.6 is 11.3 Å². The standard InChI is InChI=1S/C12H18N2O2S/c1-2-13-11-8-16-7-10(11)12(15)14-6-9-4-3-5-17-9/h3-5,10-11,13H,2,6-8H2,1H3,(H,14,15). The van der Waals surface area contributed by atoms with Gasteiger partial charge in [-0.25, -0.2) is 0 Å². The summed E-state index contributed by atoms with van der Waals surface area (Å²) in [5.41, 5.74) is 0. The lowest BCUT2D eigenvalue weighted by atomic mass is 10.0. The number of amides is 1. The molecule has 0 bridgehead atoms. The molecule has 1 aromatic heterocycles. The van der Waals surface area contributed by atoms with Gasteiger partial charge in [0.15, 0.2) is 0 Å². The zero-order valence-corrected chi connectivity index (χ0v) is 10.8. The van der Waals surface area contributed by atoms with E-state index in [0.29, 0.717) is 19.8 Å². The van der Waals surface area contributed by atoms with E-state index in [1.807, 2.05) is 24.4 Å². The van der Waals surface area contributed by atoms with Crippen LogP contribution in [0.1, 0.15) is 11.8 Å². The third kappa shape index (κ3) is 3.28. The molecule has 1 aromatic rings. The van der Waals surface area contributed by atoms with Gasteiger partial charge in [-0.05, 0) is 18.0 Å². The Balaban J connectivity index is 1.82.